The van der Waals surface area contributed by atoms with Crippen LogP contribution in [0.5, 0.6) is 0 Å². The lowest BCUT2D eigenvalue weighted by Gasteiger charge is -2.31. The number of methoxy groups -OCH3 is 3. The average Bonchev–Trinajstić information content (AvgIpc) is 4.10. The fraction of sp³-hybridized carbons (Fsp3) is 0.452. The normalized spacial score (nSPS) is 19.6. The summed E-state index contributed by atoms with van der Waals surface area (Å²) in [6.45, 7) is 5.16. The molecule has 5 heterocycles. The number of H-pyrrole nitrogens is 2. The third-order valence-corrected chi connectivity index (χ3v) is 11.5. The van der Waals surface area contributed by atoms with Gasteiger partial charge < -0.3 is 54.5 Å². The molecular weight excluding hydrogens is 747 g/mol. The highest BCUT2D eigenvalue weighted by atomic mass is 16.5. The zero-order valence-corrected chi connectivity index (χ0v) is 33.4. The maximum Gasteiger partial charge on any atom is 0.407 e. The molecule has 16 heteroatoms. The van der Waals surface area contributed by atoms with Crippen LogP contribution in [0.15, 0.2) is 54.7 Å². The Morgan fingerprint density at radius 1 is 0.759 bits per heavy atom. The van der Waals surface area contributed by atoms with Gasteiger partial charge in [-0.3, -0.25) is 9.59 Å². The van der Waals surface area contributed by atoms with E-state index in [1.54, 1.807) is 18.0 Å². The second kappa shape index (κ2) is 17.4. The number of aromatic amines is 2. The van der Waals surface area contributed by atoms with Crippen LogP contribution in [-0.2, 0) is 41.8 Å². The highest BCUT2D eigenvalue weighted by Gasteiger charge is 2.41. The third kappa shape index (κ3) is 8.04. The Kier molecular flexibility index (Phi) is 12.2. The van der Waals surface area contributed by atoms with Gasteiger partial charge in [0.1, 0.15) is 17.9 Å². The van der Waals surface area contributed by atoms with E-state index < -0.39 is 42.4 Å². The Bertz CT molecular complexity index is 2110. The number of carbonyl (C=O) groups excluding carboxylic acids is 4. The van der Waals surface area contributed by atoms with Crippen LogP contribution in [0.2, 0.25) is 0 Å². The molecule has 0 unspecified atom stereocenters. The number of ether oxygens (including phenoxy) is 4. The molecule has 308 valence electrons. The predicted octanol–water partition coefficient (Wildman–Crippen LogP) is 4.96. The molecule has 6 atom stereocenters. The Labute approximate surface area is 336 Å². The van der Waals surface area contributed by atoms with Crippen molar-refractivity contribution in [2.45, 2.75) is 89.1 Å². The first-order valence-electron chi connectivity index (χ1n) is 19.6. The second-order valence-electron chi connectivity index (χ2n) is 15.0. The van der Waals surface area contributed by atoms with Crippen LogP contribution in [0.25, 0.3) is 33.6 Å². The van der Waals surface area contributed by atoms with Crippen molar-refractivity contribution in [2.24, 2.45) is 0 Å². The van der Waals surface area contributed by atoms with Crippen molar-refractivity contribution in [2.75, 3.05) is 34.4 Å². The van der Waals surface area contributed by atoms with Crippen molar-refractivity contribution in [3.05, 3.63) is 77.4 Å². The number of aromatic nitrogens is 3. The summed E-state index contributed by atoms with van der Waals surface area (Å²) in [7, 11) is 3.98. The van der Waals surface area contributed by atoms with E-state index in [-0.39, 0.29) is 18.0 Å². The van der Waals surface area contributed by atoms with Gasteiger partial charge in [0.15, 0.2) is 0 Å². The van der Waals surface area contributed by atoms with E-state index in [0.717, 1.165) is 69.7 Å². The zero-order chi connectivity index (χ0) is 41.1. The van der Waals surface area contributed by atoms with E-state index in [1.165, 1.54) is 28.3 Å². The maximum absolute atomic E-state index is 13.9. The number of rotatable bonds is 12. The second-order valence-corrected chi connectivity index (χ2v) is 15.0. The number of nitrogens with one attached hydrogen (secondary N) is 4. The van der Waals surface area contributed by atoms with E-state index in [9.17, 15) is 24.3 Å². The molecule has 2 fully saturated rings. The van der Waals surface area contributed by atoms with Crippen LogP contribution >= 0.6 is 0 Å². The van der Waals surface area contributed by atoms with Gasteiger partial charge >= 0.3 is 12.2 Å². The molecule has 2 aromatic carbocycles. The summed E-state index contributed by atoms with van der Waals surface area (Å²) >= 11 is 0. The van der Waals surface area contributed by atoms with Crippen LogP contribution in [0.4, 0.5) is 9.59 Å². The number of imidazole rings is 1. The summed E-state index contributed by atoms with van der Waals surface area (Å²) in [5.74, 6) is 0.0235. The van der Waals surface area contributed by atoms with Crippen molar-refractivity contribution in [1.82, 2.24) is 35.4 Å². The molecule has 0 aliphatic carbocycles. The molecule has 5 N–H and O–H groups in total. The molecule has 0 saturated carbocycles. The minimum atomic E-state index is -1.14. The maximum atomic E-state index is 13.9. The van der Waals surface area contributed by atoms with Crippen LogP contribution in [0, 0.1) is 0 Å². The molecule has 3 aliphatic heterocycles. The van der Waals surface area contributed by atoms with Crippen molar-refractivity contribution in [3.8, 4) is 33.6 Å². The Morgan fingerprint density at radius 2 is 1.29 bits per heavy atom. The first kappa shape index (κ1) is 40.5. The van der Waals surface area contributed by atoms with E-state index in [0.29, 0.717) is 38.5 Å². The number of nitrogens with zero attached hydrogens (tertiary/aromatic N) is 3. The lowest BCUT2D eigenvalue weighted by Crippen LogP contribution is -2.54. The summed E-state index contributed by atoms with van der Waals surface area (Å²) in [5.41, 5.74) is 8.91. The Hall–Kier alpha value is -5.71. The molecule has 0 radical (unpaired) electrons. The molecule has 3 aliphatic rings. The van der Waals surface area contributed by atoms with E-state index >= 15 is 0 Å². The Morgan fingerprint density at radius 3 is 1.90 bits per heavy atom. The molecule has 16 nitrogen and oxygen atoms in total. The van der Waals surface area contributed by atoms with Gasteiger partial charge in [-0.05, 0) is 61.8 Å². The van der Waals surface area contributed by atoms with Crippen molar-refractivity contribution >= 4 is 24.0 Å². The number of likely N-dealkylation sites (tertiary alicyclic amines) is 2. The molecule has 4 aromatic rings. The van der Waals surface area contributed by atoms with Gasteiger partial charge in [0, 0.05) is 37.0 Å². The number of fused-ring (bicyclic) bond motifs is 1. The highest BCUT2D eigenvalue weighted by Crippen LogP contribution is 2.42. The highest BCUT2D eigenvalue weighted by molar-refractivity contribution is 5.88. The van der Waals surface area contributed by atoms with Gasteiger partial charge in [-0.1, -0.05) is 48.5 Å². The lowest BCUT2D eigenvalue weighted by atomic mass is 9.99. The first-order valence-corrected chi connectivity index (χ1v) is 19.6. The fourth-order valence-electron chi connectivity index (χ4n) is 8.31. The minimum Gasteiger partial charge on any atom is -0.453 e. The van der Waals surface area contributed by atoms with E-state index in [4.69, 9.17) is 14.2 Å². The summed E-state index contributed by atoms with van der Waals surface area (Å²) in [5, 5.41) is 15.4. The topological polar surface area (TPSA) is 200 Å². The quantitative estimate of drug-likeness (QED) is 0.131. The largest absolute Gasteiger partial charge is 0.453 e. The number of hydrogen-bond acceptors (Lipinski definition) is 10. The smallest absolute Gasteiger partial charge is 0.407 e. The van der Waals surface area contributed by atoms with Gasteiger partial charge in [-0.2, -0.15) is 0 Å². The van der Waals surface area contributed by atoms with Crippen LogP contribution in [-0.4, -0.2) is 113 Å². The number of hydrogen-bond donors (Lipinski definition) is 5. The van der Waals surface area contributed by atoms with Crippen LogP contribution in [0.1, 0.15) is 74.3 Å². The molecule has 58 heavy (non-hydrogen) atoms. The first-order chi connectivity index (χ1) is 28.0. The van der Waals surface area contributed by atoms with Gasteiger partial charge in [0.05, 0.1) is 69.3 Å². The number of amides is 4. The molecule has 4 amide bonds. The molecule has 2 aromatic heterocycles. The number of aliphatic hydroxyl groups excluding tert-OH is 1. The fourth-order valence-corrected chi connectivity index (χ4v) is 8.31. The summed E-state index contributed by atoms with van der Waals surface area (Å²) < 4.78 is 20.8. The zero-order valence-electron chi connectivity index (χ0n) is 33.4. The molecule has 0 spiro atoms. The standard InChI is InChI=1S/C42H51N7O9/c1-23(50)34(46-41(53)56-4)39(51)49-19-7-9-33(49)38-43-20-31(44-38)27-14-10-25(11-15-27)26-12-16-28(17-13-26)36-29-21-58-22-30(29)37(45-36)32-8-6-18-48(32)40(52)35(24(2)55-3)47-42(54)57-5/h10-17,20,23-24,32-35,45,50H,6-9,18-19,21-22H2,1-5H3,(H,43,44)(H,46,53)(H,47,54)/t23-,24-,32+,33+,34+,35+/m1/s1. The molecule has 7 rings (SSSR count). The molecule has 2 saturated heterocycles. The number of benzene rings is 2. The Balaban J connectivity index is 1.05. The summed E-state index contributed by atoms with van der Waals surface area (Å²) in [6, 6.07) is 13.9. The van der Waals surface area contributed by atoms with Gasteiger partial charge in [-0.15, -0.1) is 0 Å². The number of carbonyl (C=O) groups is 4. The molecular formula is C42H51N7O9. The number of aliphatic hydroxyl groups is 1. The third-order valence-electron chi connectivity index (χ3n) is 11.5. The van der Waals surface area contributed by atoms with Gasteiger partial charge in [0.25, 0.3) is 0 Å². The summed E-state index contributed by atoms with van der Waals surface area (Å²) in [6.07, 6.45) is 1.67. The summed E-state index contributed by atoms with van der Waals surface area (Å²) in [4.78, 5) is 66.5. The number of alkyl carbamates (subject to hydrolysis) is 2. The van der Waals surface area contributed by atoms with Crippen molar-refractivity contribution < 1.29 is 43.2 Å². The van der Waals surface area contributed by atoms with Gasteiger partial charge in [-0.25, -0.2) is 14.6 Å². The monoisotopic (exact) mass is 797 g/mol. The average molecular weight is 798 g/mol. The predicted molar refractivity (Wildman–Crippen MR) is 212 cm³/mol. The van der Waals surface area contributed by atoms with Crippen LogP contribution in [0.3, 0.4) is 0 Å². The minimum absolute atomic E-state index is 0.205. The SMILES string of the molecule is COC(=O)N[C@H](C(=O)N1CCC[C@H]1c1ncc(-c2ccc(-c3ccc(-c4[nH]c([C@@H]5CCCN5C(=O)[C@@H](NC(=O)OC)[C@@H](C)OC)c5c4COC5)cc3)cc2)[nH]1)[C@@H](C)O. The van der Waals surface area contributed by atoms with Crippen molar-refractivity contribution in [3.63, 3.8) is 0 Å². The van der Waals surface area contributed by atoms with Crippen molar-refractivity contribution in [1.29, 1.82) is 0 Å². The molecule has 0 bridgehead atoms. The van der Waals surface area contributed by atoms with E-state index in [1.807, 2.05) is 17.0 Å². The lowest BCUT2D eigenvalue weighted by molar-refractivity contribution is -0.138. The van der Waals surface area contributed by atoms with Crippen LogP contribution < -0.4 is 10.6 Å². The van der Waals surface area contributed by atoms with Gasteiger partial charge in [0.2, 0.25) is 11.8 Å². The van der Waals surface area contributed by atoms with E-state index in [2.05, 4.69) is 66.7 Å².